The van der Waals surface area contributed by atoms with Crippen LogP contribution in [0, 0.1) is 0 Å². The minimum Gasteiger partial charge on any atom is -0.468 e. The fourth-order valence-electron chi connectivity index (χ4n) is 2.13. The Morgan fingerprint density at radius 3 is 2.47 bits per heavy atom. The van der Waals surface area contributed by atoms with Gasteiger partial charge in [-0.2, -0.15) is 0 Å². The van der Waals surface area contributed by atoms with Crippen molar-refractivity contribution in [2.45, 2.75) is 25.3 Å². The predicted octanol–water partition coefficient (Wildman–Crippen LogP) is 1.79. The van der Waals surface area contributed by atoms with Gasteiger partial charge in [-0.15, -0.1) is 0 Å². The number of rotatable bonds is 8. The van der Waals surface area contributed by atoms with Crippen molar-refractivity contribution in [3.63, 3.8) is 0 Å². The molecule has 0 saturated carbocycles. The Labute approximate surface area is 115 Å². The maximum atomic E-state index is 12.1. The summed E-state index contributed by atoms with van der Waals surface area (Å²) < 4.78 is 10.00. The zero-order valence-electron chi connectivity index (χ0n) is 11.9. The molecule has 0 radical (unpaired) electrons. The third-order valence-electron chi connectivity index (χ3n) is 3.30. The van der Waals surface area contributed by atoms with Crippen LogP contribution < -0.4 is 5.32 Å². The summed E-state index contributed by atoms with van der Waals surface area (Å²) in [5, 5.41) is 3.28. The number of methoxy groups -OCH3 is 2. The molecule has 1 unspecified atom stereocenters. The first-order chi connectivity index (χ1) is 9.18. The largest absolute Gasteiger partial charge is 0.468 e. The Hall–Kier alpha value is -1.39. The van der Waals surface area contributed by atoms with E-state index in [0.29, 0.717) is 26.0 Å². The molecule has 0 amide bonds. The van der Waals surface area contributed by atoms with Gasteiger partial charge < -0.3 is 9.47 Å². The smallest absolute Gasteiger partial charge is 0.326 e. The second-order valence-corrected chi connectivity index (χ2v) is 4.51. The molecule has 19 heavy (non-hydrogen) atoms. The average molecular weight is 265 g/mol. The van der Waals surface area contributed by atoms with Crippen molar-refractivity contribution in [1.29, 1.82) is 0 Å². The molecule has 0 saturated heterocycles. The van der Waals surface area contributed by atoms with E-state index < -0.39 is 5.54 Å². The fraction of sp³-hybridized carbons (Fsp3) is 0.533. The number of ether oxygens (including phenoxy) is 2. The highest BCUT2D eigenvalue weighted by Gasteiger charge is 2.37. The third-order valence-corrected chi connectivity index (χ3v) is 3.30. The molecule has 1 aromatic rings. The Kier molecular flexibility index (Phi) is 6.53. The molecule has 0 fully saturated rings. The number of hydrogen-bond acceptors (Lipinski definition) is 4. The van der Waals surface area contributed by atoms with Gasteiger partial charge in [-0.05, 0) is 12.0 Å². The van der Waals surface area contributed by atoms with Crippen molar-refractivity contribution in [3.05, 3.63) is 35.9 Å². The topological polar surface area (TPSA) is 47.6 Å². The number of esters is 1. The van der Waals surface area contributed by atoms with Crippen LogP contribution in [0.25, 0.3) is 0 Å². The van der Waals surface area contributed by atoms with E-state index in [1.54, 1.807) is 7.11 Å². The highest BCUT2D eigenvalue weighted by molar-refractivity contribution is 5.81. The Balaban J connectivity index is 2.86. The van der Waals surface area contributed by atoms with E-state index in [-0.39, 0.29) is 5.97 Å². The summed E-state index contributed by atoms with van der Waals surface area (Å²) in [5.74, 6) is -0.227. The van der Waals surface area contributed by atoms with E-state index >= 15 is 0 Å². The van der Waals surface area contributed by atoms with Gasteiger partial charge in [0.2, 0.25) is 0 Å². The maximum absolute atomic E-state index is 12.1. The lowest BCUT2D eigenvalue weighted by atomic mass is 9.88. The maximum Gasteiger partial charge on any atom is 0.326 e. The lowest BCUT2D eigenvalue weighted by Gasteiger charge is -2.31. The van der Waals surface area contributed by atoms with Crippen LogP contribution in [0.4, 0.5) is 0 Å². The fourth-order valence-corrected chi connectivity index (χ4v) is 2.13. The first-order valence-corrected chi connectivity index (χ1v) is 6.55. The van der Waals surface area contributed by atoms with Gasteiger partial charge in [-0.25, -0.2) is 0 Å². The lowest BCUT2D eigenvalue weighted by molar-refractivity contribution is -0.149. The zero-order valence-corrected chi connectivity index (χ0v) is 11.9. The van der Waals surface area contributed by atoms with Gasteiger partial charge in [-0.1, -0.05) is 37.3 Å². The average Bonchev–Trinajstić information content (AvgIpc) is 2.46. The standard InChI is InChI=1S/C15H23NO3/c1-4-15(14(17)19-3,16-10-11-18-2)12-13-8-6-5-7-9-13/h5-9,16H,4,10-12H2,1-3H3. The van der Waals surface area contributed by atoms with Gasteiger partial charge in [0.1, 0.15) is 5.54 Å². The number of hydrogen-bond donors (Lipinski definition) is 1. The van der Waals surface area contributed by atoms with Crippen LogP contribution in [0.2, 0.25) is 0 Å². The van der Waals surface area contributed by atoms with Gasteiger partial charge in [0.05, 0.1) is 13.7 Å². The molecule has 1 atom stereocenters. The van der Waals surface area contributed by atoms with Crippen molar-refractivity contribution >= 4 is 5.97 Å². The van der Waals surface area contributed by atoms with Crippen LogP contribution in [0.1, 0.15) is 18.9 Å². The molecule has 0 aliphatic rings. The molecule has 0 heterocycles. The summed E-state index contributed by atoms with van der Waals surface area (Å²) in [6, 6.07) is 9.95. The van der Waals surface area contributed by atoms with Crippen LogP contribution in [-0.4, -0.2) is 38.9 Å². The molecule has 1 N–H and O–H groups in total. The molecular weight excluding hydrogens is 242 g/mol. The number of carbonyl (C=O) groups is 1. The van der Waals surface area contributed by atoms with Crippen LogP contribution in [0.15, 0.2) is 30.3 Å². The predicted molar refractivity (Wildman–Crippen MR) is 75.1 cm³/mol. The van der Waals surface area contributed by atoms with E-state index in [1.165, 1.54) is 7.11 Å². The highest BCUT2D eigenvalue weighted by Crippen LogP contribution is 2.19. The second kappa shape index (κ2) is 7.92. The first kappa shape index (κ1) is 15.7. The van der Waals surface area contributed by atoms with Crippen molar-refractivity contribution < 1.29 is 14.3 Å². The van der Waals surface area contributed by atoms with Gasteiger partial charge in [0, 0.05) is 20.1 Å². The van der Waals surface area contributed by atoms with Crippen LogP contribution >= 0.6 is 0 Å². The van der Waals surface area contributed by atoms with Gasteiger partial charge >= 0.3 is 5.97 Å². The lowest BCUT2D eigenvalue weighted by Crippen LogP contribution is -2.54. The van der Waals surface area contributed by atoms with Crippen molar-refractivity contribution in [1.82, 2.24) is 5.32 Å². The second-order valence-electron chi connectivity index (χ2n) is 4.51. The number of nitrogens with one attached hydrogen (secondary N) is 1. The van der Waals surface area contributed by atoms with Gasteiger partial charge in [-0.3, -0.25) is 10.1 Å². The molecule has 1 aromatic carbocycles. The van der Waals surface area contributed by atoms with E-state index in [4.69, 9.17) is 9.47 Å². The molecular formula is C15H23NO3. The summed E-state index contributed by atoms with van der Waals surface area (Å²) >= 11 is 0. The Bertz CT molecular complexity index is 380. The summed E-state index contributed by atoms with van der Waals surface area (Å²) in [7, 11) is 3.07. The zero-order chi connectivity index (χ0) is 14.1. The Morgan fingerprint density at radius 1 is 1.26 bits per heavy atom. The van der Waals surface area contributed by atoms with Gasteiger partial charge in [0.15, 0.2) is 0 Å². The quantitative estimate of drug-likeness (QED) is 0.575. The molecule has 1 rings (SSSR count). The minimum atomic E-state index is -0.686. The van der Waals surface area contributed by atoms with Crippen LogP contribution in [-0.2, 0) is 20.7 Å². The Morgan fingerprint density at radius 2 is 1.95 bits per heavy atom. The number of carbonyl (C=O) groups excluding carboxylic acids is 1. The van der Waals surface area contributed by atoms with E-state index in [2.05, 4.69) is 5.32 Å². The summed E-state index contributed by atoms with van der Waals surface area (Å²) in [4.78, 5) is 12.1. The molecule has 0 aromatic heterocycles. The van der Waals surface area contributed by atoms with Crippen molar-refractivity contribution in [3.8, 4) is 0 Å². The third kappa shape index (κ3) is 4.33. The summed E-state index contributed by atoms with van der Waals surface area (Å²) in [6.45, 7) is 3.17. The highest BCUT2D eigenvalue weighted by atomic mass is 16.5. The molecule has 106 valence electrons. The summed E-state index contributed by atoms with van der Waals surface area (Å²) in [6.07, 6.45) is 1.28. The van der Waals surface area contributed by atoms with Crippen LogP contribution in [0.3, 0.4) is 0 Å². The monoisotopic (exact) mass is 265 g/mol. The minimum absolute atomic E-state index is 0.227. The number of benzene rings is 1. The molecule has 4 nitrogen and oxygen atoms in total. The van der Waals surface area contributed by atoms with Gasteiger partial charge in [0.25, 0.3) is 0 Å². The molecule has 0 spiro atoms. The van der Waals surface area contributed by atoms with E-state index in [0.717, 1.165) is 5.56 Å². The van der Waals surface area contributed by atoms with E-state index in [1.807, 2.05) is 37.3 Å². The first-order valence-electron chi connectivity index (χ1n) is 6.55. The van der Waals surface area contributed by atoms with Crippen molar-refractivity contribution in [2.75, 3.05) is 27.4 Å². The van der Waals surface area contributed by atoms with Crippen molar-refractivity contribution in [2.24, 2.45) is 0 Å². The van der Waals surface area contributed by atoms with Crippen LogP contribution in [0.5, 0.6) is 0 Å². The normalized spacial score (nSPS) is 13.8. The molecule has 4 heteroatoms. The molecule has 0 aliphatic heterocycles. The summed E-state index contributed by atoms with van der Waals surface area (Å²) in [5.41, 5.74) is 0.425. The molecule has 0 bridgehead atoms. The SMILES string of the molecule is CCC(Cc1ccccc1)(NCCOC)C(=O)OC. The van der Waals surface area contributed by atoms with E-state index in [9.17, 15) is 4.79 Å². The molecule has 0 aliphatic carbocycles.